The first-order chi connectivity index (χ1) is 40.9. The lowest BCUT2D eigenvalue weighted by molar-refractivity contribution is -0.162. The Morgan fingerprint density at radius 3 is 0.667 bits per heavy atom. The van der Waals surface area contributed by atoms with Crippen LogP contribution in [0.2, 0.25) is 0 Å². The fourth-order valence-corrected chi connectivity index (χ4v) is 11.6. The van der Waals surface area contributed by atoms with Crippen molar-refractivity contribution in [3.05, 3.63) is 93.0 Å². The lowest BCUT2D eigenvalue weighted by Crippen LogP contribution is -2.39. The van der Waals surface area contributed by atoms with Gasteiger partial charge in [0.05, 0.1) is 5.41 Å². The van der Waals surface area contributed by atoms with Gasteiger partial charge >= 0.3 is 17.9 Å². The molecule has 504 valence electrons. The van der Waals surface area contributed by atoms with E-state index >= 15 is 0 Å². The monoisotopic (exact) mass is 1250 g/mol. The van der Waals surface area contributed by atoms with Crippen molar-refractivity contribution in [3.63, 3.8) is 0 Å². The Bertz CT molecular complexity index is 2860. The molecule has 15 heteroatoms. The number of aromatic hydroxyl groups is 8. The van der Waals surface area contributed by atoms with E-state index in [0.29, 0.717) is 84.7 Å². The minimum Gasteiger partial charge on any atom is -0.508 e. The summed E-state index contributed by atoms with van der Waals surface area (Å²) in [6.45, 7) is 42.1. The third kappa shape index (κ3) is 22.1. The van der Waals surface area contributed by atoms with E-state index in [2.05, 4.69) is 0 Å². The minimum absolute atomic E-state index is 0.0553. The Kier molecular flexibility index (Phi) is 26.0. The standard InChI is InChI=1S/C57H86O12.C18H28O3/c1-17-57(33-67-48(64)21-18-24-54(11,12)39-30-42(58)36(27-45(39)61)51(2,3)4,34-68-49(65)22-19-25-55(13,14)40-31-43(59)37(28-46(40)62)52(5,6)7)35-69-50(66)23-20-26-56(15,16)41-32-44(60)38(29-47(41)63)53(8,9)10;1-12(19)8-7-9-18(5,6)14-11-15(20)13(10-16(14)21)17(2,3)4/h27-32,58-63H,17-26,33-35H2,1-16H3;10-11,20-21H,7-9H2,1-6H3. The van der Waals surface area contributed by atoms with Crippen LogP contribution in [-0.4, -0.2) is 84.4 Å². The maximum atomic E-state index is 13.3. The molecule has 4 aromatic rings. The number of ether oxygens (including phenoxy) is 3. The van der Waals surface area contributed by atoms with Crippen LogP contribution < -0.4 is 0 Å². The van der Waals surface area contributed by atoms with E-state index in [4.69, 9.17) is 14.2 Å². The Morgan fingerprint density at radius 2 is 0.489 bits per heavy atom. The molecular weight excluding hydrogens is 1140 g/mol. The van der Waals surface area contributed by atoms with Gasteiger partial charge in [0.1, 0.15) is 71.6 Å². The van der Waals surface area contributed by atoms with Crippen molar-refractivity contribution in [1.82, 2.24) is 0 Å². The molecule has 0 unspecified atom stereocenters. The maximum absolute atomic E-state index is 13.3. The molecule has 0 aliphatic rings. The number of hydrogen-bond acceptors (Lipinski definition) is 15. The van der Waals surface area contributed by atoms with Crippen LogP contribution in [0.4, 0.5) is 0 Å². The molecule has 90 heavy (non-hydrogen) atoms. The number of esters is 3. The molecular formula is C75H114O15. The van der Waals surface area contributed by atoms with Crippen molar-refractivity contribution < 1.29 is 74.2 Å². The van der Waals surface area contributed by atoms with E-state index in [1.807, 2.05) is 145 Å². The minimum atomic E-state index is -1.06. The second kappa shape index (κ2) is 30.2. The number of ketones is 1. The Morgan fingerprint density at radius 1 is 0.311 bits per heavy atom. The Labute approximate surface area is 539 Å². The first-order valence-corrected chi connectivity index (χ1v) is 32.2. The number of phenols is 8. The van der Waals surface area contributed by atoms with E-state index in [-0.39, 0.29) is 118 Å². The van der Waals surface area contributed by atoms with Crippen molar-refractivity contribution in [3.8, 4) is 46.0 Å². The zero-order chi connectivity index (χ0) is 69.1. The molecule has 0 fully saturated rings. The van der Waals surface area contributed by atoms with E-state index in [9.17, 15) is 60.0 Å². The fraction of sp³-hybridized carbons (Fsp3) is 0.627. The number of Topliss-reactive ketones (excluding diaryl/α,β-unsaturated/α-hetero) is 1. The summed E-state index contributed by atoms with van der Waals surface area (Å²) in [6, 6.07) is 12.9. The van der Waals surface area contributed by atoms with Crippen LogP contribution in [0.25, 0.3) is 0 Å². The van der Waals surface area contributed by atoms with Gasteiger partial charge in [-0.1, -0.05) is 145 Å². The highest BCUT2D eigenvalue weighted by Gasteiger charge is 2.37. The topological polar surface area (TPSA) is 258 Å². The quantitative estimate of drug-likeness (QED) is 0.0157. The van der Waals surface area contributed by atoms with Gasteiger partial charge in [-0.2, -0.15) is 0 Å². The average Bonchev–Trinajstić information content (AvgIpc) is 0.846. The first-order valence-electron chi connectivity index (χ1n) is 32.2. The van der Waals surface area contributed by atoms with Crippen LogP contribution >= 0.6 is 0 Å². The SMILES string of the molecule is CC(=O)CCCC(C)(C)c1cc(O)c(C(C)(C)C)cc1O.CCC(COC(=O)CCCC(C)(C)c1cc(O)c(C(C)(C)C)cc1O)(COC(=O)CCCC(C)(C)c1cc(O)c(C(C)(C)C)cc1O)COC(=O)CCCC(C)(C)c1cc(O)c(C(C)(C)C)cc1O. The van der Waals surface area contributed by atoms with Crippen LogP contribution in [0, 0.1) is 5.41 Å². The second-order valence-corrected chi connectivity index (χ2v) is 32.0. The summed E-state index contributed by atoms with van der Waals surface area (Å²) in [4.78, 5) is 51.0. The number of hydrogen-bond donors (Lipinski definition) is 8. The number of carbonyl (C=O) groups excluding carboxylic acids is 4. The van der Waals surface area contributed by atoms with Crippen LogP contribution in [0.15, 0.2) is 48.5 Å². The summed E-state index contributed by atoms with van der Waals surface area (Å²) >= 11 is 0. The molecule has 0 aliphatic heterocycles. The smallest absolute Gasteiger partial charge is 0.305 e. The van der Waals surface area contributed by atoms with E-state index in [1.165, 1.54) is 0 Å². The predicted octanol–water partition coefficient (Wildman–Crippen LogP) is 17.0. The first kappa shape index (κ1) is 77.6. The van der Waals surface area contributed by atoms with Crippen LogP contribution in [0.5, 0.6) is 46.0 Å². The number of rotatable bonds is 27. The molecule has 0 spiro atoms. The molecule has 0 aliphatic carbocycles. The molecule has 0 aromatic heterocycles. The zero-order valence-electron chi connectivity index (χ0n) is 58.9. The van der Waals surface area contributed by atoms with Gasteiger partial charge in [-0.05, 0) is 157 Å². The van der Waals surface area contributed by atoms with Crippen molar-refractivity contribution in [2.24, 2.45) is 5.41 Å². The third-order valence-corrected chi connectivity index (χ3v) is 17.9. The molecule has 0 saturated carbocycles. The van der Waals surface area contributed by atoms with Gasteiger partial charge in [-0.15, -0.1) is 0 Å². The molecule has 15 nitrogen and oxygen atoms in total. The van der Waals surface area contributed by atoms with Crippen LogP contribution in [0.1, 0.15) is 280 Å². The Hall–Kier alpha value is -6.64. The molecule has 0 bridgehead atoms. The van der Waals surface area contributed by atoms with Gasteiger partial charge in [0, 0.05) is 70.2 Å². The van der Waals surface area contributed by atoms with Gasteiger partial charge < -0.3 is 59.9 Å². The third-order valence-electron chi connectivity index (χ3n) is 17.9. The van der Waals surface area contributed by atoms with E-state index < -0.39 is 39.6 Å². The van der Waals surface area contributed by atoms with Gasteiger partial charge in [-0.25, -0.2) is 0 Å². The van der Waals surface area contributed by atoms with Crippen molar-refractivity contribution in [2.75, 3.05) is 19.8 Å². The molecule has 0 heterocycles. The lowest BCUT2D eigenvalue weighted by Gasteiger charge is -2.32. The van der Waals surface area contributed by atoms with Crippen LogP contribution in [-0.2, 0) is 76.7 Å². The van der Waals surface area contributed by atoms with Crippen molar-refractivity contribution in [2.45, 2.75) is 279 Å². The highest BCUT2D eigenvalue weighted by atomic mass is 16.6. The van der Waals surface area contributed by atoms with E-state index in [1.54, 1.807) is 55.5 Å². The summed E-state index contributed by atoms with van der Waals surface area (Å²) in [7, 11) is 0. The number of benzene rings is 4. The van der Waals surface area contributed by atoms with Gasteiger partial charge in [0.25, 0.3) is 0 Å². The zero-order valence-corrected chi connectivity index (χ0v) is 58.9. The van der Waals surface area contributed by atoms with Crippen molar-refractivity contribution in [1.29, 1.82) is 0 Å². The van der Waals surface area contributed by atoms with Crippen molar-refractivity contribution >= 4 is 23.7 Å². The molecule has 0 atom stereocenters. The largest absolute Gasteiger partial charge is 0.508 e. The molecule has 4 aromatic carbocycles. The number of phenolic OH excluding ortho intramolecular Hbond substituents is 8. The molecule has 4 rings (SSSR count). The van der Waals surface area contributed by atoms with Crippen LogP contribution in [0.3, 0.4) is 0 Å². The van der Waals surface area contributed by atoms with E-state index in [0.717, 1.165) is 24.0 Å². The van der Waals surface area contributed by atoms with Gasteiger partial charge in [-0.3, -0.25) is 14.4 Å². The fourth-order valence-electron chi connectivity index (χ4n) is 11.6. The normalized spacial score (nSPS) is 12.9. The highest BCUT2D eigenvalue weighted by molar-refractivity contribution is 5.75. The predicted molar refractivity (Wildman–Crippen MR) is 358 cm³/mol. The molecule has 0 saturated heterocycles. The summed E-state index contributed by atoms with van der Waals surface area (Å²) in [5.74, 6) is -0.345. The summed E-state index contributed by atoms with van der Waals surface area (Å²) in [5, 5.41) is 85.9. The summed E-state index contributed by atoms with van der Waals surface area (Å²) < 4.78 is 17.5. The lowest BCUT2D eigenvalue weighted by atomic mass is 9.77. The number of carbonyl (C=O) groups is 4. The summed E-state index contributed by atoms with van der Waals surface area (Å²) in [5.41, 5.74) is 0.634. The van der Waals surface area contributed by atoms with Gasteiger partial charge in [0.2, 0.25) is 0 Å². The Balaban J connectivity index is 0.000000848. The molecule has 0 radical (unpaired) electrons. The second-order valence-electron chi connectivity index (χ2n) is 32.0. The molecule has 0 amide bonds. The summed E-state index contributed by atoms with van der Waals surface area (Å²) in [6.07, 6.45) is 5.36. The average molecular weight is 1260 g/mol. The maximum Gasteiger partial charge on any atom is 0.305 e. The molecule has 8 N–H and O–H groups in total. The van der Waals surface area contributed by atoms with Gasteiger partial charge in [0.15, 0.2) is 0 Å². The highest BCUT2D eigenvalue weighted by Crippen LogP contribution is 2.47.